The van der Waals surface area contributed by atoms with Crippen LogP contribution < -0.4 is 13.9 Å². The fourth-order valence-corrected chi connectivity index (χ4v) is 7.93. The topological polar surface area (TPSA) is 91.3 Å². The minimum atomic E-state index is -4.09. The lowest BCUT2D eigenvalue weighted by atomic mass is 9.83. The molecule has 1 aliphatic carbocycles. The van der Waals surface area contributed by atoms with E-state index >= 15 is 4.39 Å². The highest BCUT2D eigenvalue weighted by atomic mass is 32.2. The largest absolute Gasteiger partial charge is 0.480 e. The second-order valence-electron chi connectivity index (χ2n) is 11.9. The average Bonchev–Trinajstić information content (AvgIpc) is 3.01. The number of ether oxygens (including phenoxy) is 2. The van der Waals surface area contributed by atoms with Crippen LogP contribution in [0.2, 0.25) is 0 Å². The zero-order valence-corrected chi connectivity index (χ0v) is 27.3. The second-order valence-corrected chi connectivity index (χ2v) is 13.8. The maximum absolute atomic E-state index is 15.8. The van der Waals surface area contributed by atoms with Gasteiger partial charge in [0.25, 0.3) is 10.0 Å². The Labute approximate surface area is 261 Å². The van der Waals surface area contributed by atoms with Crippen molar-refractivity contribution in [2.75, 3.05) is 81.9 Å². The molecule has 2 aromatic rings. The molecule has 2 aliphatic heterocycles. The third-order valence-corrected chi connectivity index (χ3v) is 10.7. The van der Waals surface area contributed by atoms with Crippen LogP contribution in [-0.2, 0) is 14.8 Å². The number of rotatable bonds is 10. The summed E-state index contributed by atoms with van der Waals surface area (Å²) in [4.78, 5) is 15.7. The van der Waals surface area contributed by atoms with Crippen LogP contribution in [-0.4, -0.2) is 107 Å². The number of aromatic nitrogens is 2. The molecule has 2 aromatic heterocycles. The van der Waals surface area contributed by atoms with Crippen LogP contribution in [0.1, 0.15) is 39.3 Å². The van der Waals surface area contributed by atoms with E-state index in [1.165, 1.54) is 11.4 Å². The van der Waals surface area contributed by atoms with Gasteiger partial charge in [0.15, 0.2) is 4.90 Å². The van der Waals surface area contributed by atoms with E-state index in [1.54, 1.807) is 43.6 Å². The molecule has 240 valence electrons. The van der Waals surface area contributed by atoms with Gasteiger partial charge in [-0.1, -0.05) is 13.0 Å². The van der Waals surface area contributed by atoms with Crippen molar-refractivity contribution in [3.05, 3.63) is 59.8 Å². The summed E-state index contributed by atoms with van der Waals surface area (Å²) in [5.74, 6) is -0.974. The summed E-state index contributed by atoms with van der Waals surface area (Å²) in [7, 11) is -2.68. The SMILES string of the molecule is CCN(c1ccnc(C2C(F)=CC(CN3CCN(C(C)C)CC3)=CC2C)c1)S(=O)(=O)c1cc(N2CCOCC2)cnc1OC. The molecule has 2 fully saturated rings. The number of sulfonamides is 1. The van der Waals surface area contributed by atoms with Gasteiger partial charge in [0.05, 0.1) is 49.5 Å². The number of hydrogen-bond acceptors (Lipinski definition) is 9. The van der Waals surface area contributed by atoms with Crippen LogP contribution in [0.3, 0.4) is 0 Å². The van der Waals surface area contributed by atoms with E-state index in [1.807, 2.05) is 11.8 Å². The van der Waals surface area contributed by atoms with Gasteiger partial charge in [-0.05, 0) is 56.5 Å². The Morgan fingerprint density at radius 2 is 1.84 bits per heavy atom. The molecule has 0 spiro atoms. The van der Waals surface area contributed by atoms with Gasteiger partial charge in [-0.15, -0.1) is 0 Å². The number of nitrogens with zero attached hydrogens (tertiary/aromatic N) is 6. The maximum Gasteiger partial charge on any atom is 0.269 e. The summed E-state index contributed by atoms with van der Waals surface area (Å²) in [5, 5.41) is 0. The highest BCUT2D eigenvalue weighted by Crippen LogP contribution is 2.39. The Balaban J connectivity index is 1.36. The Morgan fingerprint density at radius 3 is 2.48 bits per heavy atom. The monoisotopic (exact) mass is 628 g/mol. The first-order chi connectivity index (χ1) is 21.1. The zero-order chi connectivity index (χ0) is 31.4. The van der Waals surface area contributed by atoms with Gasteiger partial charge in [0, 0.05) is 64.6 Å². The summed E-state index contributed by atoms with van der Waals surface area (Å²) < 4.78 is 56.2. The molecule has 10 nitrogen and oxygen atoms in total. The van der Waals surface area contributed by atoms with Gasteiger partial charge in [-0.25, -0.2) is 17.8 Å². The Morgan fingerprint density at radius 1 is 1.11 bits per heavy atom. The Kier molecular flexibility index (Phi) is 10.2. The second kappa shape index (κ2) is 13.9. The molecule has 2 saturated heterocycles. The van der Waals surface area contributed by atoms with Gasteiger partial charge in [-0.2, -0.15) is 0 Å². The van der Waals surface area contributed by atoms with Crippen LogP contribution in [0.4, 0.5) is 15.8 Å². The maximum atomic E-state index is 15.8. The molecule has 2 unspecified atom stereocenters. The lowest BCUT2D eigenvalue weighted by Crippen LogP contribution is -2.49. The molecule has 3 aliphatic rings. The molecule has 12 heteroatoms. The van der Waals surface area contributed by atoms with Crippen LogP contribution in [0.15, 0.2) is 59.0 Å². The standard InChI is InChI=1S/C32H45FN6O4S/c1-6-39(44(40,41)30-20-27(21-35-32(30)42-5)38-13-15-43-16-14-38)26-7-8-34-29(19-26)31-24(4)17-25(18-28(31)33)22-36-9-11-37(12-10-36)23(2)3/h7-8,17-21,23-24,31H,6,9-16,22H2,1-5H3. The summed E-state index contributed by atoms with van der Waals surface area (Å²) in [6, 6.07) is 5.47. The quantitative estimate of drug-likeness (QED) is 0.386. The van der Waals surface area contributed by atoms with E-state index in [4.69, 9.17) is 9.47 Å². The number of pyridine rings is 2. The summed E-state index contributed by atoms with van der Waals surface area (Å²) >= 11 is 0. The first kappa shape index (κ1) is 32.3. The van der Waals surface area contributed by atoms with Crippen LogP contribution in [0, 0.1) is 5.92 Å². The lowest BCUT2D eigenvalue weighted by molar-refractivity contribution is 0.115. The van der Waals surface area contributed by atoms with Crippen molar-refractivity contribution in [2.45, 2.75) is 44.6 Å². The van der Waals surface area contributed by atoms with Crippen molar-refractivity contribution in [1.29, 1.82) is 0 Å². The third-order valence-electron chi connectivity index (χ3n) is 8.77. The van der Waals surface area contributed by atoms with Gasteiger partial charge >= 0.3 is 0 Å². The summed E-state index contributed by atoms with van der Waals surface area (Å²) in [6.45, 7) is 15.4. The average molecular weight is 629 g/mol. The molecule has 44 heavy (non-hydrogen) atoms. The van der Waals surface area contributed by atoms with Gasteiger partial charge in [0.1, 0.15) is 5.83 Å². The number of piperazine rings is 1. The van der Waals surface area contributed by atoms with Crippen LogP contribution in [0.25, 0.3) is 0 Å². The fourth-order valence-electron chi connectivity index (χ4n) is 6.33. The minimum Gasteiger partial charge on any atom is -0.480 e. The molecular formula is C32H45FN6O4S. The van der Waals surface area contributed by atoms with Gasteiger partial charge in [-0.3, -0.25) is 19.1 Å². The van der Waals surface area contributed by atoms with E-state index in [0.29, 0.717) is 56.0 Å². The van der Waals surface area contributed by atoms with E-state index in [9.17, 15) is 8.42 Å². The van der Waals surface area contributed by atoms with Crippen molar-refractivity contribution in [1.82, 2.24) is 19.8 Å². The number of anilines is 2. The van der Waals surface area contributed by atoms with Crippen molar-refractivity contribution in [3.8, 4) is 5.88 Å². The van der Waals surface area contributed by atoms with E-state index in [2.05, 4.69) is 39.7 Å². The van der Waals surface area contributed by atoms with E-state index in [-0.39, 0.29) is 29.1 Å². The van der Waals surface area contributed by atoms with E-state index < -0.39 is 15.9 Å². The van der Waals surface area contributed by atoms with Gasteiger partial charge < -0.3 is 14.4 Å². The first-order valence-electron chi connectivity index (χ1n) is 15.5. The Bertz CT molecular complexity index is 1470. The smallest absolute Gasteiger partial charge is 0.269 e. The molecule has 2 atom stereocenters. The number of hydrogen-bond donors (Lipinski definition) is 0. The molecule has 0 bridgehead atoms. The van der Waals surface area contributed by atoms with Crippen molar-refractivity contribution in [2.24, 2.45) is 5.92 Å². The predicted molar refractivity (Wildman–Crippen MR) is 171 cm³/mol. The molecular weight excluding hydrogens is 583 g/mol. The van der Waals surface area contributed by atoms with Crippen molar-refractivity contribution >= 4 is 21.4 Å². The van der Waals surface area contributed by atoms with E-state index in [0.717, 1.165) is 31.8 Å². The van der Waals surface area contributed by atoms with Crippen molar-refractivity contribution in [3.63, 3.8) is 0 Å². The highest BCUT2D eigenvalue weighted by Gasteiger charge is 2.33. The normalized spacial score (nSPS) is 22.1. The molecule has 4 heterocycles. The summed E-state index contributed by atoms with van der Waals surface area (Å²) in [5.41, 5.74) is 2.56. The molecule has 0 amide bonds. The van der Waals surface area contributed by atoms with Gasteiger partial charge in [0.2, 0.25) is 5.88 Å². The van der Waals surface area contributed by atoms with Crippen LogP contribution in [0.5, 0.6) is 5.88 Å². The molecule has 0 radical (unpaired) electrons. The highest BCUT2D eigenvalue weighted by molar-refractivity contribution is 7.93. The first-order valence-corrected chi connectivity index (χ1v) is 17.0. The lowest BCUT2D eigenvalue weighted by Gasteiger charge is -2.37. The molecule has 0 saturated carbocycles. The molecule has 5 rings (SSSR count). The number of morpholine rings is 1. The third kappa shape index (κ3) is 6.93. The predicted octanol–water partition coefficient (Wildman–Crippen LogP) is 4.08. The molecule has 0 N–H and O–H groups in total. The fraction of sp³-hybridized carbons (Fsp3) is 0.562. The number of methoxy groups -OCH3 is 1. The van der Waals surface area contributed by atoms with Crippen molar-refractivity contribution < 1.29 is 22.3 Å². The summed E-state index contributed by atoms with van der Waals surface area (Å²) in [6.07, 6.45) is 6.93. The molecule has 0 aromatic carbocycles. The zero-order valence-electron chi connectivity index (χ0n) is 26.4. The number of halogens is 1. The Hall–Kier alpha value is -3.06. The minimum absolute atomic E-state index is 0.0212. The number of allylic oxidation sites excluding steroid dienone is 2. The van der Waals surface area contributed by atoms with Crippen LogP contribution >= 0.6 is 0 Å².